The molecule has 1 aliphatic rings. The van der Waals surface area contributed by atoms with E-state index in [9.17, 15) is 9.90 Å². The highest BCUT2D eigenvalue weighted by molar-refractivity contribution is 6.31. The molecule has 5 heteroatoms. The van der Waals surface area contributed by atoms with Gasteiger partial charge in [-0.25, -0.2) is 0 Å². The largest absolute Gasteiger partial charge is 0.393 e. The van der Waals surface area contributed by atoms with Crippen molar-refractivity contribution in [2.45, 2.75) is 31.8 Å². The van der Waals surface area contributed by atoms with E-state index in [2.05, 4.69) is 10.3 Å². The van der Waals surface area contributed by atoms with Gasteiger partial charge in [-0.15, -0.1) is 0 Å². The van der Waals surface area contributed by atoms with Gasteiger partial charge in [0.2, 0.25) is 5.91 Å². The second kappa shape index (κ2) is 6.08. The molecule has 0 radical (unpaired) electrons. The number of carbonyl (C=O) groups excluding carboxylic acids is 1. The summed E-state index contributed by atoms with van der Waals surface area (Å²) in [5.41, 5.74) is 1.92. The fourth-order valence-electron chi connectivity index (χ4n) is 3.03. The molecule has 112 valence electrons. The van der Waals surface area contributed by atoms with E-state index >= 15 is 0 Å². The van der Waals surface area contributed by atoms with Crippen molar-refractivity contribution in [2.75, 3.05) is 6.54 Å². The second-order valence-corrected chi connectivity index (χ2v) is 6.18. The van der Waals surface area contributed by atoms with Crippen molar-refractivity contribution >= 4 is 28.4 Å². The zero-order valence-electron chi connectivity index (χ0n) is 11.7. The van der Waals surface area contributed by atoms with Crippen molar-refractivity contribution in [2.24, 2.45) is 5.92 Å². The topological polar surface area (TPSA) is 65.1 Å². The number of nitrogens with one attached hydrogen (secondary N) is 2. The maximum Gasteiger partial charge on any atom is 0.224 e. The van der Waals surface area contributed by atoms with Gasteiger partial charge in [-0.05, 0) is 36.6 Å². The van der Waals surface area contributed by atoms with Crippen LogP contribution < -0.4 is 5.32 Å². The van der Waals surface area contributed by atoms with Crippen LogP contribution in [0.5, 0.6) is 0 Å². The number of hydrogen-bond donors (Lipinski definition) is 3. The molecule has 1 aliphatic carbocycles. The predicted octanol–water partition coefficient (Wildman–Crippen LogP) is 2.64. The van der Waals surface area contributed by atoms with Crippen molar-refractivity contribution in [1.82, 2.24) is 10.3 Å². The summed E-state index contributed by atoms with van der Waals surface area (Å²) >= 11 is 6.01. The Balaban J connectivity index is 1.62. The van der Waals surface area contributed by atoms with Crippen LogP contribution in [0.4, 0.5) is 0 Å². The lowest BCUT2D eigenvalue weighted by Crippen LogP contribution is -2.33. The van der Waals surface area contributed by atoms with Gasteiger partial charge in [-0.1, -0.05) is 18.0 Å². The van der Waals surface area contributed by atoms with Crippen LogP contribution in [0.1, 0.15) is 24.8 Å². The lowest BCUT2D eigenvalue weighted by Gasteiger charge is -2.14. The quantitative estimate of drug-likeness (QED) is 0.813. The third kappa shape index (κ3) is 3.22. The number of aliphatic hydroxyl groups excluding tert-OH is 1. The molecular weight excluding hydrogens is 288 g/mol. The number of aromatic amines is 1. The molecule has 1 heterocycles. The lowest BCUT2D eigenvalue weighted by atomic mass is 10.1. The van der Waals surface area contributed by atoms with Crippen LogP contribution in [0.3, 0.4) is 0 Å². The molecule has 21 heavy (non-hydrogen) atoms. The summed E-state index contributed by atoms with van der Waals surface area (Å²) in [7, 11) is 0. The number of fused-ring (bicyclic) bond motifs is 1. The van der Waals surface area contributed by atoms with E-state index in [1.807, 2.05) is 24.4 Å². The molecule has 2 atom stereocenters. The Hall–Kier alpha value is -1.52. The summed E-state index contributed by atoms with van der Waals surface area (Å²) in [6.45, 7) is 0.559. The monoisotopic (exact) mass is 306 g/mol. The van der Waals surface area contributed by atoms with Gasteiger partial charge in [-0.2, -0.15) is 0 Å². The van der Waals surface area contributed by atoms with E-state index in [-0.39, 0.29) is 17.9 Å². The van der Waals surface area contributed by atoms with Crippen molar-refractivity contribution in [3.8, 4) is 0 Å². The second-order valence-electron chi connectivity index (χ2n) is 5.74. The van der Waals surface area contributed by atoms with E-state index in [0.29, 0.717) is 18.0 Å². The first-order chi connectivity index (χ1) is 10.1. The smallest absolute Gasteiger partial charge is 0.224 e. The third-order valence-electron chi connectivity index (χ3n) is 4.26. The highest BCUT2D eigenvalue weighted by Gasteiger charge is 2.25. The normalized spacial score (nSPS) is 21.8. The minimum atomic E-state index is -0.266. The van der Waals surface area contributed by atoms with Crippen LogP contribution in [0.15, 0.2) is 24.4 Å². The standard InChI is InChI=1S/C16H19ClN2O2/c17-12-4-5-14-13(7-12)11(9-18-14)6-16(21)19-8-10-2-1-3-15(10)20/h4-5,7,9-10,15,18,20H,1-3,6,8H2,(H,19,21). The Morgan fingerprint density at radius 2 is 2.29 bits per heavy atom. The molecule has 2 unspecified atom stereocenters. The first-order valence-electron chi connectivity index (χ1n) is 7.34. The summed E-state index contributed by atoms with van der Waals surface area (Å²) in [5.74, 6) is 0.182. The zero-order chi connectivity index (χ0) is 14.8. The number of benzene rings is 1. The van der Waals surface area contributed by atoms with Gasteiger partial charge < -0.3 is 15.4 Å². The molecule has 3 N–H and O–H groups in total. The van der Waals surface area contributed by atoms with Gasteiger partial charge in [0, 0.05) is 34.6 Å². The van der Waals surface area contributed by atoms with E-state index in [1.165, 1.54) is 0 Å². The van der Waals surface area contributed by atoms with Gasteiger partial charge in [0.25, 0.3) is 0 Å². The molecule has 1 aromatic carbocycles. The predicted molar refractivity (Wildman–Crippen MR) is 83.4 cm³/mol. The van der Waals surface area contributed by atoms with Crippen molar-refractivity contribution in [3.63, 3.8) is 0 Å². The zero-order valence-corrected chi connectivity index (χ0v) is 12.5. The molecule has 0 saturated heterocycles. The number of hydrogen-bond acceptors (Lipinski definition) is 2. The Bertz CT molecular complexity index is 653. The fraction of sp³-hybridized carbons (Fsp3) is 0.438. The average molecular weight is 307 g/mol. The van der Waals surface area contributed by atoms with Gasteiger partial charge >= 0.3 is 0 Å². The van der Waals surface area contributed by atoms with Gasteiger partial charge in [0.1, 0.15) is 0 Å². The number of amides is 1. The van der Waals surface area contributed by atoms with Crippen molar-refractivity contribution in [3.05, 3.63) is 35.0 Å². The number of carbonyl (C=O) groups is 1. The maximum absolute atomic E-state index is 12.1. The Kier molecular flexibility index (Phi) is 4.17. The van der Waals surface area contributed by atoms with Crippen LogP contribution in [-0.4, -0.2) is 28.6 Å². The van der Waals surface area contributed by atoms with E-state index < -0.39 is 0 Å². The Morgan fingerprint density at radius 1 is 1.43 bits per heavy atom. The molecular formula is C16H19ClN2O2. The summed E-state index contributed by atoms with van der Waals surface area (Å²) in [5, 5.41) is 14.3. The number of aromatic nitrogens is 1. The van der Waals surface area contributed by atoms with Crippen molar-refractivity contribution in [1.29, 1.82) is 0 Å². The molecule has 1 fully saturated rings. The molecule has 1 aromatic heterocycles. The van der Waals surface area contributed by atoms with Crippen molar-refractivity contribution < 1.29 is 9.90 Å². The molecule has 4 nitrogen and oxygen atoms in total. The molecule has 0 bridgehead atoms. The lowest BCUT2D eigenvalue weighted by molar-refractivity contribution is -0.120. The Labute approximate surface area is 128 Å². The summed E-state index contributed by atoms with van der Waals surface area (Å²) in [6, 6.07) is 5.61. The minimum Gasteiger partial charge on any atom is -0.393 e. The average Bonchev–Trinajstić information content (AvgIpc) is 3.03. The van der Waals surface area contributed by atoms with E-state index in [0.717, 1.165) is 35.7 Å². The highest BCUT2D eigenvalue weighted by Crippen LogP contribution is 2.25. The Morgan fingerprint density at radius 3 is 3.05 bits per heavy atom. The van der Waals surface area contributed by atoms with Crippen LogP contribution >= 0.6 is 11.6 Å². The number of aliphatic hydroxyl groups is 1. The number of rotatable bonds is 4. The van der Waals surface area contributed by atoms with Crippen LogP contribution in [0.2, 0.25) is 5.02 Å². The summed E-state index contributed by atoms with van der Waals surface area (Å²) < 4.78 is 0. The molecule has 2 aromatic rings. The first-order valence-corrected chi connectivity index (χ1v) is 7.71. The third-order valence-corrected chi connectivity index (χ3v) is 4.50. The molecule has 1 amide bonds. The fourth-order valence-corrected chi connectivity index (χ4v) is 3.20. The van der Waals surface area contributed by atoms with Crippen LogP contribution in [0.25, 0.3) is 10.9 Å². The van der Waals surface area contributed by atoms with Crippen LogP contribution in [0, 0.1) is 5.92 Å². The SMILES string of the molecule is O=C(Cc1c[nH]c2ccc(Cl)cc12)NCC1CCCC1O. The van der Waals surface area contributed by atoms with E-state index in [4.69, 9.17) is 11.6 Å². The number of H-pyrrole nitrogens is 1. The van der Waals surface area contributed by atoms with Gasteiger partial charge in [0.05, 0.1) is 12.5 Å². The van der Waals surface area contributed by atoms with E-state index in [1.54, 1.807) is 0 Å². The summed E-state index contributed by atoms with van der Waals surface area (Å²) in [4.78, 5) is 15.2. The highest BCUT2D eigenvalue weighted by atomic mass is 35.5. The molecule has 0 spiro atoms. The molecule has 1 saturated carbocycles. The van der Waals surface area contributed by atoms with Crippen LogP contribution in [-0.2, 0) is 11.2 Å². The van der Waals surface area contributed by atoms with Gasteiger partial charge in [-0.3, -0.25) is 4.79 Å². The van der Waals surface area contributed by atoms with Gasteiger partial charge in [0.15, 0.2) is 0 Å². The first kappa shape index (κ1) is 14.4. The number of halogens is 1. The molecule has 0 aliphatic heterocycles. The molecule has 3 rings (SSSR count). The minimum absolute atomic E-state index is 0.0185. The summed E-state index contributed by atoms with van der Waals surface area (Å²) in [6.07, 6.45) is 4.79. The maximum atomic E-state index is 12.1.